The minimum absolute atomic E-state index is 0.0336. The summed E-state index contributed by atoms with van der Waals surface area (Å²) >= 11 is 3.75. The molecule has 30 heavy (non-hydrogen) atoms. The van der Waals surface area contributed by atoms with Crippen LogP contribution in [0.3, 0.4) is 0 Å². The molecule has 11 heteroatoms. The molecule has 3 aromatic rings. The fourth-order valence-electron chi connectivity index (χ4n) is 3.18. The number of aromatic nitrogens is 4. The minimum atomic E-state index is 0.0336. The van der Waals surface area contributed by atoms with Gasteiger partial charge in [-0.3, -0.25) is 4.79 Å². The fraction of sp³-hybridized carbons (Fsp3) is 0.368. The lowest BCUT2D eigenvalue weighted by Crippen LogP contribution is -2.26. The number of aryl methyl sites for hydroxylation is 1. The van der Waals surface area contributed by atoms with Crippen molar-refractivity contribution in [2.45, 2.75) is 41.9 Å². The van der Waals surface area contributed by atoms with E-state index in [-0.39, 0.29) is 5.91 Å². The molecule has 9 nitrogen and oxygen atoms in total. The van der Waals surface area contributed by atoms with Gasteiger partial charge in [0.05, 0.1) is 0 Å². The number of ether oxygens (including phenoxy) is 2. The maximum atomic E-state index is 12.2. The Morgan fingerprint density at radius 2 is 2.03 bits per heavy atom. The fourth-order valence-corrected chi connectivity index (χ4v) is 4.89. The van der Waals surface area contributed by atoms with E-state index in [1.807, 2.05) is 16.7 Å². The molecule has 2 aliphatic rings. The van der Waals surface area contributed by atoms with Crippen molar-refractivity contribution in [3.8, 4) is 11.5 Å². The zero-order chi connectivity index (χ0) is 20.7. The zero-order valence-electron chi connectivity index (χ0n) is 15.9. The Balaban J connectivity index is 1.47. The van der Waals surface area contributed by atoms with Crippen molar-refractivity contribution in [3.05, 3.63) is 22.0 Å². The lowest BCUT2D eigenvalue weighted by Gasteiger charge is -2.19. The molecule has 3 heterocycles. The van der Waals surface area contributed by atoms with E-state index in [0.29, 0.717) is 54.4 Å². The Kier molecular flexibility index (Phi) is 5.31. The molecule has 1 saturated carbocycles. The molecule has 1 fully saturated rings. The van der Waals surface area contributed by atoms with E-state index < -0.39 is 0 Å². The lowest BCUT2D eigenvalue weighted by atomic mass is 10.3. The number of fused-ring (bicyclic) bond motifs is 2. The summed E-state index contributed by atoms with van der Waals surface area (Å²) in [6, 6.07) is 4.25. The number of anilines is 1. The molecule has 2 aromatic heterocycles. The van der Waals surface area contributed by atoms with Gasteiger partial charge >= 0.3 is 0 Å². The van der Waals surface area contributed by atoms with Crippen LogP contribution in [0.4, 0.5) is 5.82 Å². The van der Waals surface area contributed by atoms with E-state index in [9.17, 15) is 4.79 Å². The molecule has 3 N–H and O–H groups in total. The number of benzene rings is 1. The molecule has 0 spiro atoms. The number of carbonyl (C=O) groups excluding carboxylic acids is 1. The van der Waals surface area contributed by atoms with Gasteiger partial charge in [0.15, 0.2) is 33.6 Å². The summed E-state index contributed by atoms with van der Waals surface area (Å²) in [5.41, 5.74) is 7.19. The van der Waals surface area contributed by atoms with E-state index in [1.54, 1.807) is 0 Å². The van der Waals surface area contributed by atoms with Gasteiger partial charge in [-0.05, 0) is 47.6 Å². The smallest absolute Gasteiger partial charge is 0.222 e. The van der Waals surface area contributed by atoms with Gasteiger partial charge in [-0.1, -0.05) is 11.8 Å². The molecule has 5 rings (SSSR count). The van der Waals surface area contributed by atoms with Crippen LogP contribution in [0.2, 0.25) is 0 Å². The Morgan fingerprint density at radius 3 is 2.80 bits per heavy atom. The minimum Gasteiger partial charge on any atom is -0.486 e. The van der Waals surface area contributed by atoms with Gasteiger partial charge in [0.25, 0.3) is 0 Å². The second-order valence-electron chi connectivity index (χ2n) is 7.10. The Bertz CT molecular complexity index is 1130. The standard InChI is InChI=1S/C19H19IN6O3S/c20-11-7-12-13(29-6-5-28-12)8-14(11)30-19-25-16-17(21)22-9-23-18(16)26(19)4-3-15(27)24-10-1-2-10/h7-10H,1-6H2,(H,24,27)(H2,21,22,23). The van der Waals surface area contributed by atoms with Gasteiger partial charge in [0.1, 0.15) is 19.5 Å². The highest BCUT2D eigenvalue weighted by atomic mass is 127. The first-order valence-corrected chi connectivity index (χ1v) is 11.5. The second kappa shape index (κ2) is 8.10. The van der Waals surface area contributed by atoms with Crippen LogP contribution >= 0.6 is 34.4 Å². The number of carbonyl (C=O) groups is 1. The number of nitrogens with one attached hydrogen (secondary N) is 1. The summed E-state index contributed by atoms with van der Waals surface area (Å²) in [6.07, 6.45) is 3.89. The molecule has 0 bridgehead atoms. The SMILES string of the molecule is Nc1ncnc2c1nc(Sc1cc3c(cc1I)OCCO3)n2CCC(=O)NC1CC1. The average molecular weight is 538 g/mol. The zero-order valence-corrected chi connectivity index (χ0v) is 18.9. The van der Waals surface area contributed by atoms with Crippen LogP contribution < -0.4 is 20.5 Å². The van der Waals surface area contributed by atoms with Crippen LogP contribution in [0.15, 0.2) is 28.5 Å². The number of rotatable bonds is 6. The topological polar surface area (TPSA) is 117 Å². The molecule has 1 aliphatic carbocycles. The van der Waals surface area contributed by atoms with Crippen molar-refractivity contribution in [1.82, 2.24) is 24.8 Å². The van der Waals surface area contributed by atoms with Gasteiger partial charge in [-0.2, -0.15) is 0 Å². The van der Waals surface area contributed by atoms with Crippen molar-refractivity contribution in [2.75, 3.05) is 18.9 Å². The predicted molar refractivity (Wildman–Crippen MR) is 120 cm³/mol. The summed E-state index contributed by atoms with van der Waals surface area (Å²) < 4.78 is 14.3. The first kappa shape index (κ1) is 19.7. The third-order valence-electron chi connectivity index (χ3n) is 4.83. The third-order valence-corrected chi connectivity index (χ3v) is 7.14. The Morgan fingerprint density at radius 1 is 1.27 bits per heavy atom. The van der Waals surface area contributed by atoms with Crippen molar-refractivity contribution in [2.24, 2.45) is 0 Å². The van der Waals surface area contributed by atoms with E-state index in [4.69, 9.17) is 15.2 Å². The van der Waals surface area contributed by atoms with Gasteiger partial charge < -0.3 is 25.1 Å². The van der Waals surface area contributed by atoms with Crippen LogP contribution in [0.5, 0.6) is 11.5 Å². The number of amides is 1. The molecular weight excluding hydrogens is 519 g/mol. The molecule has 0 radical (unpaired) electrons. The first-order valence-electron chi connectivity index (χ1n) is 9.61. The number of nitrogens with zero attached hydrogens (tertiary/aromatic N) is 4. The molecule has 1 aliphatic heterocycles. The first-order chi connectivity index (χ1) is 14.6. The van der Waals surface area contributed by atoms with Crippen molar-refractivity contribution >= 4 is 57.2 Å². The number of halogens is 1. The predicted octanol–water partition coefficient (Wildman–Crippen LogP) is 2.60. The number of hydrogen-bond acceptors (Lipinski definition) is 8. The van der Waals surface area contributed by atoms with Gasteiger partial charge in [0.2, 0.25) is 5.91 Å². The van der Waals surface area contributed by atoms with Crippen LogP contribution in [-0.2, 0) is 11.3 Å². The molecule has 0 unspecified atom stereocenters. The van der Waals surface area contributed by atoms with E-state index in [1.165, 1.54) is 18.1 Å². The summed E-state index contributed by atoms with van der Waals surface area (Å²) in [7, 11) is 0. The Labute approximate surface area is 190 Å². The summed E-state index contributed by atoms with van der Waals surface area (Å²) in [6.45, 7) is 1.53. The van der Waals surface area contributed by atoms with Crippen molar-refractivity contribution in [3.63, 3.8) is 0 Å². The summed E-state index contributed by atoms with van der Waals surface area (Å²) in [5.74, 6) is 1.82. The molecular formula is C19H19IN6O3S. The van der Waals surface area contributed by atoms with Gasteiger partial charge in [0, 0.05) is 27.5 Å². The van der Waals surface area contributed by atoms with Crippen LogP contribution in [0, 0.1) is 3.57 Å². The maximum Gasteiger partial charge on any atom is 0.222 e. The highest BCUT2D eigenvalue weighted by Gasteiger charge is 2.24. The number of hydrogen-bond donors (Lipinski definition) is 2. The summed E-state index contributed by atoms with van der Waals surface area (Å²) in [5, 5.41) is 3.72. The molecule has 1 amide bonds. The molecule has 0 saturated heterocycles. The highest BCUT2D eigenvalue weighted by Crippen LogP contribution is 2.40. The monoisotopic (exact) mass is 538 g/mol. The molecule has 156 valence electrons. The summed E-state index contributed by atoms with van der Waals surface area (Å²) in [4.78, 5) is 26.3. The maximum absolute atomic E-state index is 12.2. The Hall–Kier alpha value is -2.28. The lowest BCUT2D eigenvalue weighted by molar-refractivity contribution is -0.121. The quantitative estimate of drug-likeness (QED) is 0.461. The second-order valence-corrected chi connectivity index (χ2v) is 9.27. The van der Waals surface area contributed by atoms with Gasteiger partial charge in [-0.15, -0.1) is 0 Å². The van der Waals surface area contributed by atoms with Crippen molar-refractivity contribution < 1.29 is 14.3 Å². The van der Waals surface area contributed by atoms with Crippen molar-refractivity contribution in [1.29, 1.82) is 0 Å². The van der Waals surface area contributed by atoms with Crippen LogP contribution in [0.25, 0.3) is 11.2 Å². The highest BCUT2D eigenvalue weighted by molar-refractivity contribution is 14.1. The van der Waals surface area contributed by atoms with Crippen LogP contribution in [0.1, 0.15) is 19.3 Å². The number of nitrogen functional groups attached to an aromatic ring is 1. The van der Waals surface area contributed by atoms with Crippen LogP contribution in [-0.4, -0.2) is 44.7 Å². The molecule has 1 aromatic carbocycles. The van der Waals surface area contributed by atoms with E-state index >= 15 is 0 Å². The van der Waals surface area contributed by atoms with E-state index in [2.05, 4.69) is 42.9 Å². The largest absolute Gasteiger partial charge is 0.486 e. The van der Waals surface area contributed by atoms with Gasteiger partial charge in [-0.25, -0.2) is 15.0 Å². The average Bonchev–Trinajstić information content (AvgIpc) is 3.47. The number of nitrogens with two attached hydrogens (primary N) is 1. The normalized spacial score (nSPS) is 15.4. The third kappa shape index (κ3) is 4.00. The molecule has 0 atom stereocenters. The number of imidazole rings is 1. The van der Waals surface area contributed by atoms with E-state index in [0.717, 1.165) is 32.8 Å².